The summed E-state index contributed by atoms with van der Waals surface area (Å²) >= 11 is 0. The van der Waals surface area contributed by atoms with E-state index in [0.717, 1.165) is 18.2 Å². The van der Waals surface area contributed by atoms with Crippen LogP contribution in [0.2, 0.25) is 0 Å². The van der Waals surface area contributed by atoms with Gasteiger partial charge in [-0.3, -0.25) is 9.59 Å². The summed E-state index contributed by atoms with van der Waals surface area (Å²) in [4.78, 5) is 37.4. The number of halogens is 2. The molecule has 0 radical (unpaired) electrons. The first-order valence-corrected chi connectivity index (χ1v) is 7.16. The fraction of sp³-hybridized carbons (Fsp3) is 0.0556. The highest BCUT2D eigenvalue weighted by atomic mass is 19.2. The number of ketones is 1. The third kappa shape index (κ3) is 2.80. The van der Waals surface area contributed by atoms with E-state index in [9.17, 15) is 23.2 Å². The molecule has 1 aliphatic heterocycles. The van der Waals surface area contributed by atoms with Crippen LogP contribution in [0.4, 0.5) is 14.5 Å². The summed E-state index contributed by atoms with van der Waals surface area (Å²) in [5.74, 6) is -4.65. The van der Waals surface area contributed by atoms with Crippen molar-refractivity contribution in [3.05, 3.63) is 70.3 Å². The number of anilines is 1. The zero-order chi connectivity index (χ0) is 18.3. The van der Waals surface area contributed by atoms with E-state index >= 15 is 0 Å². The molecule has 0 spiro atoms. The molecule has 0 saturated carbocycles. The Bertz CT molecular complexity index is 966. The lowest BCUT2D eigenvalue weighted by Gasteiger charge is -2.26. The fourth-order valence-electron chi connectivity index (χ4n) is 2.57. The summed E-state index contributed by atoms with van der Waals surface area (Å²) in [5, 5.41) is 9.06. The Morgan fingerprint density at radius 2 is 1.80 bits per heavy atom. The number of carbonyl (C=O) groups excluding carboxylic acids is 2. The molecule has 5 nitrogen and oxygen atoms in total. The van der Waals surface area contributed by atoms with E-state index in [1.807, 2.05) is 0 Å². The summed E-state index contributed by atoms with van der Waals surface area (Å²) in [7, 11) is 1.44. The molecule has 2 aromatic rings. The molecule has 0 aliphatic carbocycles. The molecule has 1 aliphatic rings. The van der Waals surface area contributed by atoms with Gasteiger partial charge in [-0.2, -0.15) is 0 Å². The SMILES string of the molecule is CN1C(=O)C(=Cc2ccc(F)c(F)c2)C(=O)c2cc(C(=O)O)ccc21. The van der Waals surface area contributed by atoms with Crippen molar-refractivity contribution in [3.63, 3.8) is 0 Å². The summed E-state index contributed by atoms with van der Waals surface area (Å²) in [6, 6.07) is 6.84. The maximum Gasteiger partial charge on any atom is 0.335 e. The van der Waals surface area contributed by atoms with Gasteiger partial charge in [-0.25, -0.2) is 13.6 Å². The highest BCUT2D eigenvalue weighted by Crippen LogP contribution is 2.31. The molecule has 25 heavy (non-hydrogen) atoms. The van der Waals surface area contributed by atoms with Gasteiger partial charge in [-0.15, -0.1) is 0 Å². The van der Waals surface area contributed by atoms with Crippen molar-refractivity contribution in [2.24, 2.45) is 0 Å². The molecular formula is C18H11F2NO4. The Kier molecular flexibility index (Phi) is 3.92. The number of hydrogen-bond donors (Lipinski definition) is 1. The average molecular weight is 343 g/mol. The van der Waals surface area contributed by atoms with Crippen LogP contribution in [0, 0.1) is 11.6 Å². The molecule has 1 N–H and O–H groups in total. The largest absolute Gasteiger partial charge is 0.478 e. The van der Waals surface area contributed by atoms with Crippen LogP contribution >= 0.6 is 0 Å². The van der Waals surface area contributed by atoms with E-state index in [4.69, 9.17) is 5.11 Å². The Hall–Kier alpha value is -3.35. The minimum atomic E-state index is -1.21. The van der Waals surface area contributed by atoms with Crippen molar-refractivity contribution >= 4 is 29.4 Å². The lowest BCUT2D eigenvalue weighted by molar-refractivity contribution is -0.114. The van der Waals surface area contributed by atoms with E-state index in [1.54, 1.807) is 0 Å². The van der Waals surface area contributed by atoms with E-state index in [0.29, 0.717) is 0 Å². The second kappa shape index (κ2) is 5.94. The van der Waals surface area contributed by atoms with Crippen LogP contribution in [-0.2, 0) is 4.79 Å². The second-order valence-corrected chi connectivity index (χ2v) is 5.46. The molecule has 0 saturated heterocycles. The molecule has 7 heteroatoms. The van der Waals surface area contributed by atoms with E-state index < -0.39 is 29.3 Å². The zero-order valence-corrected chi connectivity index (χ0v) is 12.9. The predicted octanol–water partition coefficient (Wildman–Crippen LogP) is 2.91. The molecule has 3 rings (SSSR count). The first kappa shape index (κ1) is 16.5. The number of likely N-dealkylation sites (N-methyl/N-ethyl adjacent to an activating group) is 1. The van der Waals surface area contributed by atoms with Crippen molar-refractivity contribution in [2.45, 2.75) is 0 Å². The van der Waals surface area contributed by atoms with Gasteiger partial charge >= 0.3 is 5.97 Å². The quantitative estimate of drug-likeness (QED) is 0.672. The van der Waals surface area contributed by atoms with Crippen LogP contribution < -0.4 is 4.90 Å². The Morgan fingerprint density at radius 3 is 2.44 bits per heavy atom. The lowest BCUT2D eigenvalue weighted by atomic mass is 9.92. The Morgan fingerprint density at radius 1 is 1.08 bits per heavy atom. The first-order valence-electron chi connectivity index (χ1n) is 7.16. The molecule has 1 heterocycles. The average Bonchev–Trinajstić information content (AvgIpc) is 2.59. The molecule has 126 valence electrons. The molecule has 2 aromatic carbocycles. The number of rotatable bonds is 2. The first-order chi connectivity index (χ1) is 11.8. The standard InChI is InChI=1S/C18H11F2NO4/c1-21-15-5-3-10(18(24)25)8-11(15)16(22)12(17(21)23)6-9-2-4-13(19)14(20)7-9/h2-8H,1H3,(H,24,25). The number of aromatic carboxylic acids is 1. The summed E-state index contributed by atoms with van der Waals surface area (Å²) in [6.45, 7) is 0. The van der Waals surface area contributed by atoms with Crippen LogP contribution in [0.1, 0.15) is 26.3 Å². The van der Waals surface area contributed by atoms with Gasteiger partial charge in [0.05, 0.1) is 16.8 Å². The van der Waals surface area contributed by atoms with Gasteiger partial charge in [-0.05, 0) is 42.0 Å². The highest BCUT2D eigenvalue weighted by molar-refractivity contribution is 6.36. The topological polar surface area (TPSA) is 74.7 Å². The predicted molar refractivity (Wildman–Crippen MR) is 85.5 cm³/mol. The molecule has 0 unspecified atom stereocenters. The molecule has 0 fully saturated rings. The van der Waals surface area contributed by atoms with Gasteiger partial charge in [0.25, 0.3) is 5.91 Å². The van der Waals surface area contributed by atoms with Crippen molar-refractivity contribution in [3.8, 4) is 0 Å². The fourth-order valence-corrected chi connectivity index (χ4v) is 2.57. The van der Waals surface area contributed by atoms with Crippen LogP contribution in [0.15, 0.2) is 42.0 Å². The van der Waals surface area contributed by atoms with Gasteiger partial charge in [0, 0.05) is 12.6 Å². The molecule has 1 amide bonds. The maximum atomic E-state index is 13.3. The summed E-state index contributed by atoms with van der Waals surface area (Å²) in [5.41, 5.74) is 0.116. The van der Waals surface area contributed by atoms with Crippen molar-refractivity contribution in [2.75, 3.05) is 11.9 Å². The van der Waals surface area contributed by atoms with Crippen molar-refractivity contribution in [1.29, 1.82) is 0 Å². The van der Waals surface area contributed by atoms with Crippen LogP contribution in [-0.4, -0.2) is 29.8 Å². The van der Waals surface area contributed by atoms with Gasteiger partial charge in [0.1, 0.15) is 0 Å². The number of fused-ring (bicyclic) bond motifs is 1. The van der Waals surface area contributed by atoms with Gasteiger partial charge in [0.15, 0.2) is 11.6 Å². The third-order valence-electron chi connectivity index (χ3n) is 3.88. The number of benzene rings is 2. The number of carboxylic acid groups (broad SMARTS) is 1. The number of amides is 1. The second-order valence-electron chi connectivity index (χ2n) is 5.46. The lowest BCUT2D eigenvalue weighted by Crippen LogP contribution is -2.36. The Balaban J connectivity index is 2.13. The summed E-state index contributed by atoms with van der Waals surface area (Å²) < 4.78 is 26.4. The van der Waals surface area contributed by atoms with Crippen LogP contribution in [0.25, 0.3) is 6.08 Å². The van der Waals surface area contributed by atoms with Gasteiger partial charge in [0.2, 0.25) is 5.78 Å². The number of nitrogens with zero attached hydrogens (tertiary/aromatic N) is 1. The Labute approximate surface area is 140 Å². The van der Waals surface area contributed by atoms with Crippen LogP contribution in [0.5, 0.6) is 0 Å². The minimum absolute atomic E-state index is 0.0517. The minimum Gasteiger partial charge on any atom is -0.478 e. The van der Waals surface area contributed by atoms with E-state index in [1.165, 1.54) is 36.2 Å². The normalized spacial score (nSPS) is 15.5. The number of hydrogen-bond acceptors (Lipinski definition) is 3. The highest BCUT2D eigenvalue weighted by Gasteiger charge is 2.33. The van der Waals surface area contributed by atoms with Crippen molar-refractivity contribution < 1.29 is 28.3 Å². The molecular weight excluding hydrogens is 332 g/mol. The molecule has 0 bridgehead atoms. The van der Waals surface area contributed by atoms with Gasteiger partial charge in [-0.1, -0.05) is 6.07 Å². The number of Topliss-reactive ketones (excluding diaryl/α,β-unsaturated/α-hetero) is 1. The van der Waals surface area contributed by atoms with Gasteiger partial charge < -0.3 is 10.0 Å². The third-order valence-corrected chi connectivity index (χ3v) is 3.88. The number of carboxylic acids is 1. The molecule has 0 aromatic heterocycles. The number of carbonyl (C=O) groups is 3. The van der Waals surface area contributed by atoms with E-state index in [-0.39, 0.29) is 28.0 Å². The monoisotopic (exact) mass is 343 g/mol. The zero-order valence-electron chi connectivity index (χ0n) is 12.9. The summed E-state index contributed by atoms with van der Waals surface area (Å²) in [6.07, 6.45) is 1.15. The van der Waals surface area contributed by atoms with Crippen molar-refractivity contribution in [1.82, 2.24) is 0 Å². The maximum absolute atomic E-state index is 13.3. The molecule has 0 atom stereocenters. The van der Waals surface area contributed by atoms with E-state index in [2.05, 4.69) is 0 Å². The smallest absolute Gasteiger partial charge is 0.335 e. The van der Waals surface area contributed by atoms with Crippen LogP contribution in [0.3, 0.4) is 0 Å².